The van der Waals surface area contributed by atoms with Gasteiger partial charge in [0.15, 0.2) is 12.2 Å². The summed E-state index contributed by atoms with van der Waals surface area (Å²) in [4.78, 5) is 38.1. The second-order valence-electron chi connectivity index (χ2n) is 7.90. The molecule has 7 nitrogen and oxygen atoms in total. The predicted octanol–water partition coefficient (Wildman–Crippen LogP) is 2.73. The molecular weight excluding hydrogens is 354 g/mol. The van der Waals surface area contributed by atoms with E-state index < -0.39 is 12.2 Å². The van der Waals surface area contributed by atoms with Gasteiger partial charge in [0.05, 0.1) is 6.54 Å². The monoisotopic (exact) mass is 381 g/mol. The molecular formula is C21H27N5O2. The minimum Gasteiger partial charge on any atom is -0.312 e. The number of aryl methyl sites for hydroxylation is 1. The third kappa shape index (κ3) is 2.68. The Bertz CT molecular complexity index is 875. The predicted molar refractivity (Wildman–Crippen MR) is 107 cm³/mol. The summed E-state index contributed by atoms with van der Waals surface area (Å²) < 4.78 is 0. The number of hydrogen-bond donors (Lipinski definition) is 0. The Morgan fingerprint density at radius 3 is 2.46 bits per heavy atom. The molecule has 3 aliphatic heterocycles. The van der Waals surface area contributed by atoms with Crippen LogP contribution in [0.2, 0.25) is 0 Å². The molecule has 3 atom stereocenters. The van der Waals surface area contributed by atoms with E-state index in [0.717, 1.165) is 29.2 Å². The number of likely N-dealkylation sites (N-methyl/N-ethyl adjacent to an activating group) is 1. The summed E-state index contributed by atoms with van der Waals surface area (Å²) >= 11 is 0. The SMILES string of the molecule is CCC(C)N1C(C)=CN2C1=NC1C2C(=O)N(Cc2ccc(C)cc2)C(=O)N1C. The highest BCUT2D eigenvalue weighted by molar-refractivity contribution is 6.04. The Morgan fingerprint density at radius 2 is 1.82 bits per heavy atom. The average Bonchev–Trinajstić information content (AvgIpc) is 3.19. The number of aliphatic imine (C=N–C) groups is 1. The molecule has 7 heteroatoms. The van der Waals surface area contributed by atoms with Crippen LogP contribution in [0.3, 0.4) is 0 Å². The Morgan fingerprint density at radius 1 is 1.14 bits per heavy atom. The molecule has 0 spiro atoms. The molecule has 1 aromatic rings. The van der Waals surface area contributed by atoms with Gasteiger partial charge in [0, 0.05) is 25.0 Å². The molecule has 148 valence electrons. The van der Waals surface area contributed by atoms with Crippen molar-refractivity contribution in [2.75, 3.05) is 7.05 Å². The minimum atomic E-state index is -0.507. The highest BCUT2D eigenvalue weighted by Gasteiger charge is 2.54. The molecule has 0 N–H and O–H groups in total. The number of urea groups is 1. The smallest absolute Gasteiger partial charge is 0.312 e. The number of amides is 3. The minimum absolute atomic E-state index is 0.192. The van der Waals surface area contributed by atoms with Gasteiger partial charge in [-0.3, -0.25) is 9.69 Å². The maximum atomic E-state index is 13.3. The molecule has 1 aromatic carbocycles. The second-order valence-corrected chi connectivity index (χ2v) is 7.90. The van der Waals surface area contributed by atoms with E-state index in [-0.39, 0.29) is 24.5 Å². The van der Waals surface area contributed by atoms with Crippen LogP contribution in [0.1, 0.15) is 38.3 Å². The van der Waals surface area contributed by atoms with Gasteiger partial charge in [-0.2, -0.15) is 0 Å². The lowest BCUT2D eigenvalue weighted by Gasteiger charge is -2.40. The number of carbonyl (C=O) groups excluding carboxylic acids is 2. The number of allylic oxidation sites excluding steroid dienone is 1. The summed E-state index contributed by atoms with van der Waals surface area (Å²) in [5, 5.41) is 0. The third-order valence-corrected chi connectivity index (χ3v) is 5.92. The van der Waals surface area contributed by atoms with Crippen molar-refractivity contribution in [1.29, 1.82) is 0 Å². The molecule has 0 aliphatic carbocycles. The first-order chi connectivity index (χ1) is 13.3. The van der Waals surface area contributed by atoms with Gasteiger partial charge in [0.2, 0.25) is 5.96 Å². The van der Waals surface area contributed by atoms with Crippen LogP contribution in [0.5, 0.6) is 0 Å². The van der Waals surface area contributed by atoms with Gasteiger partial charge in [-0.25, -0.2) is 9.79 Å². The summed E-state index contributed by atoms with van der Waals surface area (Å²) in [5.41, 5.74) is 3.16. The van der Waals surface area contributed by atoms with Crippen LogP contribution in [0, 0.1) is 6.92 Å². The first-order valence-corrected chi connectivity index (χ1v) is 9.81. The van der Waals surface area contributed by atoms with Gasteiger partial charge in [-0.05, 0) is 32.8 Å². The topological polar surface area (TPSA) is 59.5 Å². The maximum absolute atomic E-state index is 13.3. The standard InChI is InChI=1S/C21H27N5O2/c1-6-14(3)26-15(4)11-24-17-18(22-20(24)26)23(5)21(28)25(19(17)27)12-16-9-7-13(2)8-10-16/h7-11,14,17-18H,6,12H2,1-5H3. The van der Waals surface area contributed by atoms with E-state index in [9.17, 15) is 9.59 Å². The number of benzene rings is 1. The van der Waals surface area contributed by atoms with Crippen molar-refractivity contribution in [3.8, 4) is 0 Å². The number of guanidine groups is 1. The number of hydrogen-bond acceptors (Lipinski definition) is 5. The average molecular weight is 381 g/mol. The zero-order valence-electron chi connectivity index (χ0n) is 17.1. The van der Waals surface area contributed by atoms with E-state index in [1.807, 2.05) is 49.2 Å². The lowest BCUT2D eigenvalue weighted by Crippen LogP contribution is -2.63. The van der Waals surface area contributed by atoms with Gasteiger partial charge >= 0.3 is 6.03 Å². The highest BCUT2D eigenvalue weighted by atomic mass is 16.2. The van der Waals surface area contributed by atoms with E-state index >= 15 is 0 Å². The fourth-order valence-electron chi connectivity index (χ4n) is 4.12. The Labute approximate surface area is 165 Å². The van der Waals surface area contributed by atoms with Crippen molar-refractivity contribution in [2.24, 2.45) is 4.99 Å². The first-order valence-electron chi connectivity index (χ1n) is 9.81. The zero-order valence-corrected chi connectivity index (χ0v) is 17.1. The van der Waals surface area contributed by atoms with Crippen LogP contribution in [0.4, 0.5) is 4.79 Å². The Balaban J connectivity index is 1.64. The molecule has 3 amide bonds. The van der Waals surface area contributed by atoms with Gasteiger partial charge in [-0.15, -0.1) is 0 Å². The largest absolute Gasteiger partial charge is 0.328 e. The summed E-state index contributed by atoms with van der Waals surface area (Å²) in [7, 11) is 1.73. The van der Waals surface area contributed by atoms with Gasteiger partial charge in [0.25, 0.3) is 5.91 Å². The maximum Gasteiger partial charge on any atom is 0.328 e. The second kappa shape index (κ2) is 6.65. The van der Waals surface area contributed by atoms with Crippen molar-refractivity contribution in [2.45, 2.75) is 58.9 Å². The van der Waals surface area contributed by atoms with Crippen molar-refractivity contribution < 1.29 is 9.59 Å². The van der Waals surface area contributed by atoms with E-state index in [1.165, 1.54) is 4.90 Å². The van der Waals surface area contributed by atoms with Gasteiger partial charge in [-0.1, -0.05) is 36.8 Å². The number of fused-ring (bicyclic) bond motifs is 3. The molecule has 28 heavy (non-hydrogen) atoms. The first kappa shape index (κ1) is 18.5. The number of imide groups is 1. The molecule has 4 rings (SSSR count). The summed E-state index contributed by atoms with van der Waals surface area (Å²) in [6.07, 6.45) is 2.47. The van der Waals surface area contributed by atoms with Gasteiger partial charge < -0.3 is 14.7 Å². The van der Waals surface area contributed by atoms with E-state index in [1.54, 1.807) is 11.9 Å². The quantitative estimate of drug-likeness (QED) is 0.805. The van der Waals surface area contributed by atoms with Crippen LogP contribution < -0.4 is 0 Å². The molecule has 0 radical (unpaired) electrons. The van der Waals surface area contributed by atoms with Crippen molar-refractivity contribution in [3.63, 3.8) is 0 Å². The van der Waals surface area contributed by atoms with Crippen LogP contribution in [-0.2, 0) is 11.3 Å². The Hall–Kier alpha value is -2.83. The number of carbonyl (C=O) groups is 2. The lowest BCUT2D eigenvalue weighted by atomic mass is 10.1. The van der Waals surface area contributed by atoms with Crippen LogP contribution in [0.15, 0.2) is 41.2 Å². The molecule has 3 aliphatic rings. The number of nitrogens with zero attached hydrogens (tertiary/aromatic N) is 5. The zero-order chi connectivity index (χ0) is 20.2. The molecule has 3 unspecified atom stereocenters. The fourth-order valence-corrected chi connectivity index (χ4v) is 4.12. The lowest BCUT2D eigenvalue weighted by molar-refractivity contribution is -0.137. The van der Waals surface area contributed by atoms with E-state index in [0.29, 0.717) is 0 Å². The van der Waals surface area contributed by atoms with Gasteiger partial charge in [0.1, 0.15) is 0 Å². The molecule has 0 bridgehead atoms. The number of rotatable bonds is 4. The molecule has 0 saturated carbocycles. The Kier molecular flexibility index (Phi) is 4.40. The summed E-state index contributed by atoms with van der Waals surface area (Å²) in [6, 6.07) is 7.38. The van der Waals surface area contributed by atoms with Crippen LogP contribution in [-0.4, -0.2) is 62.8 Å². The van der Waals surface area contributed by atoms with Crippen LogP contribution in [0.25, 0.3) is 0 Å². The van der Waals surface area contributed by atoms with Crippen LogP contribution >= 0.6 is 0 Å². The highest BCUT2D eigenvalue weighted by Crippen LogP contribution is 2.35. The fraction of sp³-hybridized carbons (Fsp3) is 0.476. The molecule has 1 saturated heterocycles. The third-order valence-electron chi connectivity index (χ3n) is 5.92. The van der Waals surface area contributed by atoms with Crippen molar-refractivity contribution >= 4 is 17.9 Å². The summed E-state index contributed by atoms with van der Waals surface area (Å²) in [6.45, 7) is 8.60. The van der Waals surface area contributed by atoms with E-state index in [2.05, 4.69) is 18.7 Å². The molecule has 1 fully saturated rings. The molecule has 3 heterocycles. The van der Waals surface area contributed by atoms with E-state index in [4.69, 9.17) is 4.99 Å². The van der Waals surface area contributed by atoms with Crippen molar-refractivity contribution in [1.82, 2.24) is 19.6 Å². The van der Waals surface area contributed by atoms with Crippen molar-refractivity contribution in [3.05, 3.63) is 47.3 Å². The normalized spacial score (nSPS) is 25.0. The summed E-state index contributed by atoms with van der Waals surface area (Å²) in [5.74, 6) is 0.578. The molecule has 0 aromatic heterocycles.